The van der Waals surface area contributed by atoms with E-state index in [1.165, 1.54) is 16.4 Å². The largest absolute Gasteiger partial charge is 0.325 e. The molecular formula is C14H18ClN3O3S2. The number of benzene rings is 1. The SMILES string of the molecule is O=C(Nc1ccc(Cl)c(S(=O)(=O)N2CCCC2)c1)C1CSCN1. The Bertz CT molecular complexity index is 699. The summed E-state index contributed by atoms with van der Waals surface area (Å²) in [6, 6.07) is 4.31. The molecule has 0 aromatic heterocycles. The van der Waals surface area contributed by atoms with E-state index in [1.54, 1.807) is 17.8 Å². The van der Waals surface area contributed by atoms with Crippen LogP contribution in [-0.4, -0.2) is 49.4 Å². The number of carbonyl (C=O) groups is 1. The Kier molecular flexibility index (Phi) is 5.17. The average molecular weight is 376 g/mol. The van der Waals surface area contributed by atoms with Gasteiger partial charge in [0.2, 0.25) is 15.9 Å². The minimum atomic E-state index is -3.62. The third-order valence-corrected chi connectivity index (χ3v) is 7.23. The van der Waals surface area contributed by atoms with Crippen molar-refractivity contribution >= 4 is 45.0 Å². The molecule has 1 aromatic rings. The number of nitrogens with zero attached hydrogens (tertiary/aromatic N) is 1. The number of sulfonamides is 1. The van der Waals surface area contributed by atoms with Crippen molar-refractivity contribution in [2.24, 2.45) is 0 Å². The summed E-state index contributed by atoms with van der Waals surface area (Å²) in [7, 11) is -3.62. The minimum absolute atomic E-state index is 0.0487. The van der Waals surface area contributed by atoms with Crippen LogP contribution in [0.1, 0.15) is 12.8 Å². The lowest BCUT2D eigenvalue weighted by atomic mass is 10.2. The summed E-state index contributed by atoms with van der Waals surface area (Å²) in [4.78, 5) is 12.2. The predicted molar refractivity (Wildman–Crippen MR) is 92.3 cm³/mol. The number of carbonyl (C=O) groups excluding carboxylic acids is 1. The Morgan fingerprint density at radius 3 is 2.74 bits per heavy atom. The molecule has 2 fully saturated rings. The van der Waals surface area contributed by atoms with Crippen LogP contribution in [0, 0.1) is 0 Å². The van der Waals surface area contributed by atoms with Crippen molar-refractivity contribution in [1.82, 2.24) is 9.62 Å². The second-order valence-electron chi connectivity index (χ2n) is 5.52. The Hall–Kier alpha value is -0.800. The van der Waals surface area contributed by atoms with Gasteiger partial charge in [0.15, 0.2) is 0 Å². The van der Waals surface area contributed by atoms with Crippen LogP contribution in [0.25, 0.3) is 0 Å². The molecule has 2 saturated heterocycles. The van der Waals surface area contributed by atoms with Gasteiger partial charge in [0.1, 0.15) is 4.90 Å². The highest BCUT2D eigenvalue weighted by molar-refractivity contribution is 7.99. The molecule has 23 heavy (non-hydrogen) atoms. The van der Waals surface area contributed by atoms with E-state index >= 15 is 0 Å². The average Bonchev–Trinajstić information content (AvgIpc) is 3.22. The smallest absolute Gasteiger partial charge is 0.244 e. The van der Waals surface area contributed by atoms with Crippen LogP contribution in [0.15, 0.2) is 23.1 Å². The lowest BCUT2D eigenvalue weighted by Gasteiger charge is -2.18. The summed E-state index contributed by atoms with van der Waals surface area (Å²) < 4.78 is 26.8. The maximum Gasteiger partial charge on any atom is 0.244 e. The molecule has 3 rings (SSSR count). The molecule has 0 bridgehead atoms. The highest BCUT2D eigenvalue weighted by Gasteiger charge is 2.30. The topological polar surface area (TPSA) is 78.5 Å². The van der Waals surface area contributed by atoms with Crippen molar-refractivity contribution in [1.29, 1.82) is 0 Å². The fourth-order valence-corrected chi connectivity index (χ4v) is 5.60. The fourth-order valence-electron chi connectivity index (χ4n) is 2.64. The number of hydrogen-bond donors (Lipinski definition) is 2. The van der Waals surface area contributed by atoms with Gasteiger partial charge in [0.05, 0.1) is 11.1 Å². The van der Waals surface area contributed by atoms with Gasteiger partial charge in [-0.1, -0.05) is 11.6 Å². The summed E-state index contributed by atoms with van der Waals surface area (Å²) in [5, 5.41) is 6.00. The van der Waals surface area contributed by atoms with Crippen LogP contribution >= 0.6 is 23.4 Å². The zero-order valence-corrected chi connectivity index (χ0v) is 14.8. The first kappa shape index (κ1) is 17.0. The monoisotopic (exact) mass is 375 g/mol. The Morgan fingerprint density at radius 2 is 2.09 bits per heavy atom. The van der Waals surface area contributed by atoms with E-state index in [0.29, 0.717) is 24.5 Å². The molecule has 0 saturated carbocycles. The van der Waals surface area contributed by atoms with E-state index in [1.807, 2.05) is 0 Å². The molecule has 126 valence electrons. The number of halogens is 1. The van der Waals surface area contributed by atoms with Crippen molar-refractivity contribution in [3.05, 3.63) is 23.2 Å². The normalized spacial score (nSPS) is 22.4. The molecule has 2 heterocycles. The number of hydrogen-bond acceptors (Lipinski definition) is 5. The van der Waals surface area contributed by atoms with Crippen LogP contribution in [-0.2, 0) is 14.8 Å². The van der Waals surface area contributed by atoms with Crippen molar-refractivity contribution in [2.45, 2.75) is 23.8 Å². The van der Waals surface area contributed by atoms with Gasteiger partial charge in [-0.05, 0) is 31.0 Å². The highest BCUT2D eigenvalue weighted by atomic mass is 35.5. The zero-order chi connectivity index (χ0) is 16.4. The van der Waals surface area contributed by atoms with E-state index in [4.69, 9.17) is 11.6 Å². The van der Waals surface area contributed by atoms with E-state index in [-0.39, 0.29) is 21.9 Å². The summed E-state index contributed by atoms with van der Waals surface area (Å²) in [5.41, 5.74) is 0.441. The summed E-state index contributed by atoms with van der Waals surface area (Å²) in [6.07, 6.45) is 1.72. The first-order chi connectivity index (χ1) is 11.0. The Morgan fingerprint density at radius 1 is 1.35 bits per heavy atom. The minimum Gasteiger partial charge on any atom is -0.325 e. The van der Waals surface area contributed by atoms with E-state index in [9.17, 15) is 13.2 Å². The molecule has 1 atom stereocenters. The molecule has 2 aliphatic heterocycles. The number of nitrogens with one attached hydrogen (secondary N) is 2. The van der Waals surface area contributed by atoms with Gasteiger partial charge in [-0.2, -0.15) is 4.31 Å². The fraction of sp³-hybridized carbons (Fsp3) is 0.500. The maximum absolute atomic E-state index is 12.7. The number of anilines is 1. The van der Waals surface area contributed by atoms with Crippen molar-refractivity contribution in [3.63, 3.8) is 0 Å². The molecule has 2 N–H and O–H groups in total. The molecule has 0 spiro atoms. The number of rotatable bonds is 4. The van der Waals surface area contributed by atoms with Gasteiger partial charge in [-0.3, -0.25) is 10.1 Å². The summed E-state index contributed by atoms with van der Waals surface area (Å²) in [6.45, 7) is 1.02. The van der Waals surface area contributed by atoms with Gasteiger partial charge < -0.3 is 5.32 Å². The van der Waals surface area contributed by atoms with Gasteiger partial charge in [-0.15, -0.1) is 11.8 Å². The predicted octanol–water partition coefficient (Wildman–Crippen LogP) is 1.73. The second-order valence-corrected chi connectivity index (χ2v) is 8.86. The molecule has 1 amide bonds. The van der Waals surface area contributed by atoms with Crippen molar-refractivity contribution in [2.75, 3.05) is 30.0 Å². The molecule has 0 radical (unpaired) electrons. The first-order valence-electron chi connectivity index (χ1n) is 7.40. The van der Waals surface area contributed by atoms with Crippen LogP contribution in [0.2, 0.25) is 5.02 Å². The Balaban J connectivity index is 1.82. The lowest BCUT2D eigenvalue weighted by molar-refractivity contribution is -0.117. The van der Waals surface area contributed by atoms with Crippen molar-refractivity contribution < 1.29 is 13.2 Å². The second kappa shape index (κ2) is 6.98. The quantitative estimate of drug-likeness (QED) is 0.837. The molecule has 6 nitrogen and oxygen atoms in total. The maximum atomic E-state index is 12.7. The Labute approximate surface area is 145 Å². The first-order valence-corrected chi connectivity index (χ1v) is 10.4. The molecule has 1 aromatic carbocycles. The third kappa shape index (κ3) is 3.66. The summed E-state index contributed by atoms with van der Waals surface area (Å²) >= 11 is 7.74. The van der Waals surface area contributed by atoms with Gasteiger partial charge in [0.25, 0.3) is 0 Å². The van der Waals surface area contributed by atoms with E-state index in [0.717, 1.165) is 18.7 Å². The van der Waals surface area contributed by atoms with Crippen molar-refractivity contribution in [3.8, 4) is 0 Å². The number of amides is 1. The third-order valence-electron chi connectivity index (χ3n) is 3.91. The van der Waals surface area contributed by atoms with Gasteiger partial charge in [-0.25, -0.2) is 8.42 Å². The van der Waals surface area contributed by atoms with E-state index in [2.05, 4.69) is 10.6 Å². The molecule has 2 aliphatic rings. The molecular weight excluding hydrogens is 358 g/mol. The van der Waals surface area contributed by atoms with E-state index < -0.39 is 10.0 Å². The highest BCUT2D eigenvalue weighted by Crippen LogP contribution is 2.29. The molecule has 0 aliphatic carbocycles. The molecule has 1 unspecified atom stereocenters. The van der Waals surface area contributed by atoms with Crippen LogP contribution in [0.3, 0.4) is 0 Å². The number of thioether (sulfide) groups is 1. The van der Waals surface area contributed by atoms with Crippen LogP contribution < -0.4 is 10.6 Å². The van der Waals surface area contributed by atoms with Crippen LogP contribution in [0.5, 0.6) is 0 Å². The van der Waals surface area contributed by atoms with Gasteiger partial charge >= 0.3 is 0 Å². The lowest BCUT2D eigenvalue weighted by Crippen LogP contribution is -2.37. The summed E-state index contributed by atoms with van der Waals surface area (Å²) in [5.74, 6) is 1.29. The molecule has 9 heteroatoms. The van der Waals surface area contributed by atoms with Gasteiger partial charge in [0, 0.05) is 30.4 Å². The standard InChI is InChI=1S/C14H18ClN3O3S2/c15-11-4-3-10(17-14(19)12-8-22-9-16-12)7-13(11)23(20,21)18-5-1-2-6-18/h3-4,7,12,16H,1-2,5-6,8-9H2,(H,17,19). The van der Waals surface area contributed by atoms with Crippen LogP contribution in [0.4, 0.5) is 5.69 Å². The zero-order valence-electron chi connectivity index (χ0n) is 12.4.